The first kappa shape index (κ1) is 13.6. The van der Waals surface area contributed by atoms with Gasteiger partial charge in [0.2, 0.25) is 5.82 Å². The number of hydrogen-bond acceptors (Lipinski definition) is 6. The predicted octanol–water partition coefficient (Wildman–Crippen LogP) is 3.45. The van der Waals surface area contributed by atoms with Crippen molar-refractivity contribution >= 4 is 16.3 Å². The molecule has 21 heavy (non-hydrogen) atoms. The number of aromatic hydroxyl groups is 1. The summed E-state index contributed by atoms with van der Waals surface area (Å²) in [5.74, 6) is -0.612. The standard InChI is InChI=1S/C14H12FN3O2S/c1-2-8-6-9(12(16)21-8)14-17-13(18-20-14)7-3-4-11(19)10(15)5-7/h3-6,19H,2,16H2,1H3. The fraction of sp³-hybridized carbons (Fsp3) is 0.143. The second kappa shape index (κ2) is 5.17. The van der Waals surface area contributed by atoms with Crippen LogP contribution in [0.1, 0.15) is 11.8 Å². The highest BCUT2D eigenvalue weighted by Gasteiger charge is 2.16. The molecule has 2 heterocycles. The first-order valence-electron chi connectivity index (χ1n) is 6.29. The number of rotatable bonds is 3. The van der Waals surface area contributed by atoms with Crippen molar-refractivity contribution in [2.24, 2.45) is 0 Å². The largest absolute Gasteiger partial charge is 0.505 e. The Morgan fingerprint density at radius 1 is 1.38 bits per heavy atom. The van der Waals surface area contributed by atoms with Crippen LogP contribution in [0, 0.1) is 5.82 Å². The molecule has 3 aromatic rings. The van der Waals surface area contributed by atoms with Crippen LogP contribution in [0.2, 0.25) is 0 Å². The molecule has 0 amide bonds. The van der Waals surface area contributed by atoms with Crippen molar-refractivity contribution in [3.05, 3.63) is 35.0 Å². The second-order valence-corrected chi connectivity index (χ2v) is 5.60. The van der Waals surface area contributed by atoms with Crippen molar-refractivity contribution in [3.63, 3.8) is 0 Å². The van der Waals surface area contributed by atoms with Crippen LogP contribution < -0.4 is 5.73 Å². The molecule has 0 bridgehead atoms. The number of nitrogens with zero attached hydrogens (tertiary/aromatic N) is 2. The molecule has 7 heteroatoms. The molecule has 3 rings (SSSR count). The van der Waals surface area contributed by atoms with E-state index in [0.29, 0.717) is 22.0 Å². The lowest BCUT2D eigenvalue weighted by Gasteiger charge is -1.96. The molecule has 0 spiro atoms. The summed E-state index contributed by atoms with van der Waals surface area (Å²) < 4.78 is 18.5. The summed E-state index contributed by atoms with van der Waals surface area (Å²) in [6, 6.07) is 5.82. The SMILES string of the molecule is CCc1cc(-c2nc(-c3ccc(O)c(F)c3)no2)c(N)s1. The highest BCUT2D eigenvalue weighted by molar-refractivity contribution is 7.16. The lowest BCUT2D eigenvalue weighted by molar-refractivity contribution is 0.430. The molecule has 1 aromatic carbocycles. The number of phenols is 1. The molecule has 0 aliphatic carbocycles. The first-order chi connectivity index (χ1) is 10.1. The fourth-order valence-electron chi connectivity index (χ4n) is 1.90. The van der Waals surface area contributed by atoms with Crippen LogP contribution in [0.5, 0.6) is 5.75 Å². The van der Waals surface area contributed by atoms with E-state index in [-0.39, 0.29) is 5.82 Å². The van der Waals surface area contributed by atoms with Crippen molar-refractivity contribution in [3.8, 4) is 28.6 Å². The molecule has 3 N–H and O–H groups in total. The van der Waals surface area contributed by atoms with Crippen molar-refractivity contribution in [2.75, 3.05) is 5.73 Å². The van der Waals surface area contributed by atoms with Crippen LogP contribution >= 0.6 is 11.3 Å². The molecule has 5 nitrogen and oxygen atoms in total. The summed E-state index contributed by atoms with van der Waals surface area (Å²) in [4.78, 5) is 5.35. The van der Waals surface area contributed by atoms with Gasteiger partial charge in [0.05, 0.1) is 10.6 Å². The van der Waals surface area contributed by atoms with Crippen LogP contribution in [0.15, 0.2) is 28.8 Å². The summed E-state index contributed by atoms with van der Waals surface area (Å²) >= 11 is 1.48. The van der Waals surface area contributed by atoms with E-state index in [1.165, 1.54) is 23.5 Å². The van der Waals surface area contributed by atoms with E-state index in [0.717, 1.165) is 17.4 Å². The van der Waals surface area contributed by atoms with E-state index in [9.17, 15) is 9.50 Å². The molecule has 0 atom stereocenters. The number of phenolic OH excluding ortho intramolecular Hbond substituents is 1. The van der Waals surface area contributed by atoms with Gasteiger partial charge < -0.3 is 15.4 Å². The lowest BCUT2D eigenvalue weighted by Crippen LogP contribution is -1.85. The van der Waals surface area contributed by atoms with Gasteiger partial charge in [0.25, 0.3) is 5.89 Å². The van der Waals surface area contributed by atoms with Gasteiger partial charge in [-0.3, -0.25) is 0 Å². The number of aromatic nitrogens is 2. The molecular weight excluding hydrogens is 293 g/mol. The van der Waals surface area contributed by atoms with Gasteiger partial charge in [0.1, 0.15) is 0 Å². The van der Waals surface area contributed by atoms with Gasteiger partial charge >= 0.3 is 0 Å². The maximum atomic E-state index is 13.4. The highest BCUT2D eigenvalue weighted by atomic mass is 32.1. The van der Waals surface area contributed by atoms with E-state index in [4.69, 9.17) is 10.3 Å². The van der Waals surface area contributed by atoms with Crippen LogP contribution in [0.4, 0.5) is 9.39 Å². The Labute approximate surface area is 123 Å². The van der Waals surface area contributed by atoms with E-state index in [1.54, 1.807) is 0 Å². The van der Waals surface area contributed by atoms with E-state index >= 15 is 0 Å². The molecule has 0 saturated carbocycles. The Bertz CT molecular complexity index is 797. The Balaban J connectivity index is 1.99. The molecule has 0 unspecified atom stereocenters. The second-order valence-electron chi connectivity index (χ2n) is 4.43. The van der Waals surface area contributed by atoms with Crippen molar-refractivity contribution in [2.45, 2.75) is 13.3 Å². The summed E-state index contributed by atoms with van der Waals surface area (Å²) in [7, 11) is 0. The van der Waals surface area contributed by atoms with E-state index < -0.39 is 11.6 Å². The van der Waals surface area contributed by atoms with Gasteiger partial charge in [-0.15, -0.1) is 11.3 Å². The molecule has 108 valence electrons. The van der Waals surface area contributed by atoms with Gasteiger partial charge in [-0.05, 0) is 30.7 Å². The Kier molecular flexibility index (Phi) is 3.34. The number of thiophene rings is 1. The molecule has 0 saturated heterocycles. The predicted molar refractivity (Wildman–Crippen MR) is 78.5 cm³/mol. The molecule has 0 fully saturated rings. The number of anilines is 1. The van der Waals surface area contributed by atoms with E-state index in [2.05, 4.69) is 10.1 Å². The van der Waals surface area contributed by atoms with Gasteiger partial charge in [0.15, 0.2) is 11.6 Å². The molecule has 2 aromatic heterocycles. The van der Waals surface area contributed by atoms with Gasteiger partial charge in [-0.1, -0.05) is 12.1 Å². The summed E-state index contributed by atoms with van der Waals surface area (Å²) in [6.07, 6.45) is 0.874. The van der Waals surface area contributed by atoms with Gasteiger partial charge in [-0.25, -0.2) is 4.39 Å². The third kappa shape index (κ3) is 2.47. The monoisotopic (exact) mass is 305 g/mol. The van der Waals surface area contributed by atoms with Crippen molar-refractivity contribution < 1.29 is 14.0 Å². The van der Waals surface area contributed by atoms with Crippen LogP contribution in [-0.2, 0) is 6.42 Å². The number of nitrogens with two attached hydrogens (primary N) is 1. The fourth-order valence-corrected chi connectivity index (χ4v) is 2.76. The van der Waals surface area contributed by atoms with Gasteiger partial charge in [-0.2, -0.15) is 4.98 Å². The number of hydrogen-bond donors (Lipinski definition) is 2. The zero-order chi connectivity index (χ0) is 15.0. The quantitative estimate of drug-likeness (QED) is 0.774. The minimum atomic E-state index is -0.734. The van der Waals surface area contributed by atoms with Crippen LogP contribution in [0.25, 0.3) is 22.8 Å². The van der Waals surface area contributed by atoms with Gasteiger partial charge in [0, 0.05) is 10.4 Å². The number of halogens is 1. The normalized spacial score (nSPS) is 11.0. The third-order valence-corrected chi connectivity index (χ3v) is 4.13. The Morgan fingerprint density at radius 2 is 2.19 bits per heavy atom. The molecular formula is C14H12FN3O2S. The minimum absolute atomic E-state index is 0.243. The number of aryl methyl sites for hydroxylation is 1. The minimum Gasteiger partial charge on any atom is -0.505 e. The number of nitrogen functional groups attached to an aromatic ring is 1. The van der Waals surface area contributed by atoms with Crippen LogP contribution in [-0.4, -0.2) is 15.2 Å². The first-order valence-corrected chi connectivity index (χ1v) is 7.11. The zero-order valence-electron chi connectivity index (χ0n) is 11.1. The van der Waals surface area contributed by atoms with Crippen LogP contribution in [0.3, 0.4) is 0 Å². The summed E-state index contributed by atoms with van der Waals surface area (Å²) in [6.45, 7) is 2.04. The Morgan fingerprint density at radius 3 is 2.86 bits per heavy atom. The molecule has 0 radical (unpaired) electrons. The summed E-state index contributed by atoms with van der Waals surface area (Å²) in [5, 5.41) is 13.6. The smallest absolute Gasteiger partial charge is 0.261 e. The van der Waals surface area contributed by atoms with Crippen molar-refractivity contribution in [1.29, 1.82) is 0 Å². The third-order valence-electron chi connectivity index (χ3n) is 3.02. The molecule has 0 aliphatic rings. The maximum Gasteiger partial charge on any atom is 0.261 e. The highest BCUT2D eigenvalue weighted by Crippen LogP contribution is 2.34. The maximum absolute atomic E-state index is 13.4. The summed E-state index contributed by atoms with van der Waals surface area (Å²) in [5.41, 5.74) is 7.05. The average Bonchev–Trinajstić information content (AvgIpc) is 3.08. The van der Waals surface area contributed by atoms with Crippen molar-refractivity contribution in [1.82, 2.24) is 10.1 Å². The zero-order valence-corrected chi connectivity index (χ0v) is 11.9. The average molecular weight is 305 g/mol. The Hall–Kier alpha value is -2.41. The topological polar surface area (TPSA) is 85.2 Å². The number of benzene rings is 1. The van der Waals surface area contributed by atoms with E-state index in [1.807, 2.05) is 13.0 Å². The lowest BCUT2D eigenvalue weighted by atomic mass is 10.2. The molecule has 0 aliphatic heterocycles.